The van der Waals surface area contributed by atoms with Gasteiger partial charge in [0.15, 0.2) is 0 Å². The minimum Gasteiger partial charge on any atom is -0.327 e. The molecule has 0 radical (unpaired) electrons. The van der Waals surface area contributed by atoms with E-state index in [-0.39, 0.29) is 0 Å². The summed E-state index contributed by atoms with van der Waals surface area (Å²) < 4.78 is 0. The van der Waals surface area contributed by atoms with Gasteiger partial charge in [-0.3, -0.25) is 0 Å². The van der Waals surface area contributed by atoms with Crippen LogP contribution in [0.3, 0.4) is 0 Å². The second kappa shape index (κ2) is 1.66. The van der Waals surface area contributed by atoms with E-state index in [2.05, 4.69) is 27.7 Å². The van der Waals surface area contributed by atoms with Gasteiger partial charge >= 0.3 is 0 Å². The first-order valence-electron chi connectivity index (χ1n) is 4.64. The van der Waals surface area contributed by atoms with Crippen LogP contribution in [-0.4, -0.2) is 6.04 Å². The first-order chi connectivity index (χ1) is 4.89. The summed E-state index contributed by atoms with van der Waals surface area (Å²) in [5.41, 5.74) is 6.94. The Labute approximate surface area is 69.4 Å². The van der Waals surface area contributed by atoms with Crippen molar-refractivity contribution in [2.45, 2.75) is 40.2 Å². The maximum Gasteiger partial charge on any atom is 0.00741 e. The molecule has 2 rings (SSSR count). The van der Waals surface area contributed by atoms with Crippen LogP contribution in [0, 0.1) is 22.7 Å². The molecular formula is C10H19N. The van der Waals surface area contributed by atoms with Crippen molar-refractivity contribution in [2.75, 3.05) is 0 Å². The van der Waals surface area contributed by atoms with E-state index in [0.717, 1.165) is 11.8 Å². The molecule has 0 heterocycles. The van der Waals surface area contributed by atoms with Gasteiger partial charge in [-0.2, -0.15) is 0 Å². The number of nitrogens with two attached hydrogens (primary N) is 1. The Morgan fingerprint density at radius 1 is 1.09 bits per heavy atom. The lowest BCUT2D eigenvalue weighted by molar-refractivity contribution is 0.457. The highest BCUT2D eigenvalue weighted by atomic mass is 14.8. The van der Waals surface area contributed by atoms with Crippen LogP contribution in [0.5, 0.6) is 0 Å². The Bertz CT molecular complexity index is 179. The van der Waals surface area contributed by atoms with Crippen molar-refractivity contribution in [1.29, 1.82) is 0 Å². The van der Waals surface area contributed by atoms with Gasteiger partial charge < -0.3 is 5.73 Å². The molecule has 64 valence electrons. The van der Waals surface area contributed by atoms with Gasteiger partial charge in [0.2, 0.25) is 0 Å². The van der Waals surface area contributed by atoms with E-state index >= 15 is 0 Å². The molecule has 0 bridgehead atoms. The van der Waals surface area contributed by atoms with Crippen LogP contribution in [-0.2, 0) is 0 Å². The summed E-state index contributed by atoms with van der Waals surface area (Å²) in [6.45, 7) is 9.51. The maximum atomic E-state index is 5.85. The first-order valence-corrected chi connectivity index (χ1v) is 4.64. The molecule has 2 aliphatic rings. The van der Waals surface area contributed by atoms with E-state index < -0.39 is 0 Å². The zero-order valence-corrected chi connectivity index (χ0v) is 8.02. The molecule has 2 aliphatic carbocycles. The summed E-state index contributed by atoms with van der Waals surface area (Å²) >= 11 is 0. The Hall–Kier alpha value is -0.0400. The Morgan fingerprint density at radius 3 is 1.55 bits per heavy atom. The average molecular weight is 153 g/mol. The Morgan fingerprint density at radius 2 is 1.45 bits per heavy atom. The van der Waals surface area contributed by atoms with Gasteiger partial charge in [-0.25, -0.2) is 0 Å². The molecule has 11 heavy (non-hydrogen) atoms. The molecule has 0 spiro atoms. The van der Waals surface area contributed by atoms with E-state index in [9.17, 15) is 0 Å². The lowest BCUT2D eigenvalue weighted by atomic mass is 10.0. The SMILES string of the molecule is CC1(C)C(C2CC2N)C1(C)C. The molecule has 0 aromatic heterocycles. The normalized spacial score (nSPS) is 45.5. The van der Waals surface area contributed by atoms with E-state index in [0.29, 0.717) is 16.9 Å². The summed E-state index contributed by atoms with van der Waals surface area (Å²) in [5, 5.41) is 0. The molecule has 2 unspecified atom stereocenters. The van der Waals surface area contributed by atoms with Crippen LogP contribution in [0.15, 0.2) is 0 Å². The van der Waals surface area contributed by atoms with Gasteiger partial charge in [-0.05, 0) is 29.1 Å². The van der Waals surface area contributed by atoms with Crippen molar-refractivity contribution in [3.05, 3.63) is 0 Å². The van der Waals surface area contributed by atoms with Crippen molar-refractivity contribution in [3.63, 3.8) is 0 Å². The smallest absolute Gasteiger partial charge is 0.00741 e. The fraction of sp³-hybridized carbons (Fsp3) is 1.00. The van der Waals surface area contributed by atoms with Crippen LogP contribution in [0.4, 0.5) is 0 Å². The van der Waals surface area contributed by atoms with Gasteiger partial charge in [-0.15, -0.1) is 0 Å². The molecule has 0 aromatic rings. The van der Waals surface area contributed by atoms with Crippen LogP contribution < -0.4 is 5.73 Å². The fourth-order valence-corrected chi connectivity index (χ4v) is 2.94. The molecule has 0 amide bonds. The van der Waals surface area contributed by atoms with Crippen LogP contribution in [0.25, 0.3) is 0 Å². The summed E-state index contributed by atoms with van der Waals surface area (Å²) in [7, 11) is 0. The molecule has 2 atom stereocenters. The quantitative estimate of drug-likeness (QED) is 0.612. The van der Waals surface area contributed by atoms with E-state index in [1.807, 2.05) is 0 Å². The minimum atomic E-state index is 0.529. The van der Waals surface area contributed by atoms with E-state index in [4.69, 9.17) is 5.73 Å². The van der Waals surface area contributed by atoms with Gasteiger partial charge in [0.1, 0.15) is 0 Å². The van der Waals surface area contributed by atoms with Crippen LogP contribution in [0.1, 0.15) is 34.1 Å². The van der Waals surface area contributed by atoms with Crippen molar-refractivity contribution in [3.8, 4) is 0 Å². The second-order valence-electron chi connectivity index (χ2n) is 5.48. The summed E-state index contributed by atoms with van der Waals surface area (Å²) in [4.78, 5) is 0. The lowest BCUT2D eigenvalue weighted by Gasteiger charge is -2.04. The Balaban J connectivity index is 2.10. The zero-order valence-electron chi connectivity index (χ0n) is 8.02. The number of hydrogen-bond acceptors (Lipinski definition) is 1. The third-order valence-corrected chi connectivity index (χ3v) is 4.45. The standard InChI is InChI=1S/C10H19N/c1-9(2)8(10(9,3)4)6-5-7(6)11/h6-8H,5,11H2,1-4H3. The largest absolute Gasteiger partial charge is 0.327 e. The van der Waals surface area contributed by atoms with Crippen molar-refractivity contribution >= 4 is 0 Å². The van der Waals surface area contributed by atoms with Crippen molar-refractivity contribution < 1.29 is 0 Å². The van der Waals surface area contributed by atoms with Gasteiger partial charge in [-0.1, -0.05) is 27.7 Å². The van der Waals surface area contributed by atoms with Crippen molar-refractivity contribution in [1.82, 2.24) is 0 Å². The Kier molecular flexibility index (Phi) is 1.15. The monoisotopic (exact) mass is 153 g/mol. The first kappa shape index (κ1) is 7.60. The molecule has 2 N–H and O–H groups in total. The highest BCUT2D eigenvalue weighted by molar-refractivity contribution is 5.19. The zero-order chi connectivity index (χ0) is 8.44. The lowest BCUT2D eigenvalue weighted by Crippen LogP contribution is -2.05. The maximum absolute atomic E-state index is 5.85. The van der Waals surface area contributed by atoms with Gasteiger partial charge in [0, 0.05) is 6.04 Å². The molecule has 0 aromatic carbocycles. The molecule has 2 fully saturated rings. The number of rotatable bonds is 1. The second-order valence-corrected chi connectivity index (χ2v) is 5.48. The topological polar surface area (TPSA) is 26.0 Å². The third-order valence-electron chi connectivity index (χ3n) is 4.45. The van der Waals surface area contributed by atoms with Crippen LogP contribution in [0.2, 0.25) is 0 Å². The molecule has 0 saturated heterocycles. The molecule has 1 nitrogen and oxygen atoms in total. The predicted molar refractivity (Wildman–Crippen MR) is 47.1 cm³/mol. The number of hydrogen-bond donors (Lipinski definition) is 1. The molecule has 0 aliphatic heterocycles. The summed E-state index contributed by atoms with van der Waals surface area (Å²) in [5.74, 6) is 1.74. The highest BCUT2D eigenvalue weighted by Gasteiger charge is 2.70. The van der Waals surface area contributed by atoms with Crippen molar-refractivity contribution in [2.24, 2.45) is 28.4 Å². The summed E-state index contributed by atoms with van der Waals surface area (Å²) in [6, 6.07) is 0.529. The third kappa shape index (κ3) is 0.752. The fourth-order valence-electron chi connectivity index (χ4n) is 2.94. The van der Waals surface area contributed by atoms with E-state index in [1.165, 1.54) is 6.42 Å². The minimum absolute atomic E-state index is 0.529. The summed E-state index contributed by atoms with van der Waals surface area (Å²) in [6.07, 6.45) is 1.28. The predicted octanol–water partition coefficient (Wildman–Crippen LogP) is 2.02. The molecule has 1 heteroatoms. The van der Waals surface area contributed by atoms with E-state index in [1.54, 1.807) is 0 Å². The highest BCUT2D eigenvalue weighted by Crippen LogP contribution is 2.74. The van der Waals surface area contributed by atoms with Gasteiger partial charge in [0.05, 0.1) is 0 Å². The molecular weight excluding hydrogens is 134 g/mol. The average Bonchev–Trinajstić information content (AvgIpc) is 2.53. The van der Waals surface area contributed by atoms with Crippen LogP contribution >= 0.6 is 0 Å². The molecule has 2 saturated carbocycles. The van der Waals surface area contributed by atoms with Gasteiger partial charge in [0.25, 0.3) is 0 Å².